The number of nitrogens with one attached hydrogen (secondary N) is 1. The molecule has 0 aromatic carbocycles. The Labute approximate surface area is 126 Å². The SMILES string of the molecule is CCSC1CCC(NC(=O)N2CCCC2C(C)(C)O)C1. The molecule has 2 amide bonds. The summed E-state index contributed by atoms with van der Waals surface area (Å²) in [6, 6.07) is 0.279. The molecule has 0 aromatic heterocycles. The first-order valence-corrected chi connectivity index (χ1v) is 8.87. The van der Waals surface area contributed by atoms with Gasteiger partial charge in [0.1, 0.15) is 0 Å². The molecule has 0 bridgehead atoms. The lowest BCUT2D eigenvalue weighted by Gasteiger charge is -2.34. The number of carbonyl (C=O) groups is 1. The first kappa shape index (κ1) is 16.0. The number of hydrogen-bond acceptors (Lipinski definition) is 3. The zero-order valence-electron chi connectivity index (χ0n) is 12.9. The summed E-state index contributed by atoms with van der Waals surface area (Å²) in [5.74, 6) is 1.15. The summed E-state index contributed by atoms with van der Waals surface area (Å²) in [7, 11) is 0. The van der Waals surface area contributed by atoms with E-state index in [-0.39, 0.29) is 12.1 Å². The van der Waals surface area contributed by atoms with Crippen molar-refractivity contribution in [1.29, 1.82) is 0 Å². The second-order valence-electron chi connectivity index (χ2n) is 6.54. The first-order chi connectivity index (χ1) is 9.41. The van der Waals surface area contributed by atoms with Crippen LogP contribution in [-0.2, 0) is 0 Å². The second kappa shape index (κ2) is 6.56. The summed E-state index contributed by atoms with van der Waals surface area (Å²) in [4.78, 5) is 14.3. The van der Waals surface area contributed by atoms with Crippen molar-refractivity contribution in [2.24, 2.45) is 0 Å². The molecule has 2 N–H and O–H groups in total. The van der Waals surface area contributed by atoms with Gasteiger partial charge in [-0.2, -0.15) is 11.8 Å². The Bertz CT molecular complexity index is 343. The van der Waals surface area contributed by atoms with Crippen molar-refractivity contribution in [3.63, 3.8) is 0 Å². The van der Waals surface area contributed by atoms with Crippen molar-refractivity contribution >= 4 is 17.8 Å². The van der Waals surface area contributed by atoms with E-state index in [1.54, 1.807) is 13.8 Å². The van der Waals surface area contributed by atoms with Gasteiger partial charge in [-0.15, -0.1) is 0 Å². The third-order valence-corrected chi connectivity index (χ3v) is 5.68. The molecule has 0 radical (unpaired) electrons. The van der Waals surface area contributed by atoms with Crippen LogP contribution in [0, 0.1) is 0 Å². The molecule has 1 heterocycles. The molecule has 0 spiro atoms. The van der Waals surface area contributed by atoms with Crippen LogP contribution < -0.4 is 5.32 Å². The van der Waals surface area contributed by atoms with E-state index < -0.39 is 5.60 Å². The van der Waals surface area contributed by atoms with Crippen molar-refractivity contribution in [2.75, 3.05) is 12.3 Å². The predicted molar refractivity (Wildman–Crippen MR) is 84.1 cm³/mol. The fraction of sp³-hybridized carbons (Fsp3) is 0.933. The highest BCUT2D eigenvalue weighted by Crippen LogP contribution is 2.31. The molecule has 1 aliphatic heterocycles. The van der Waals surface area contributed by atoms with Crippen LogP contribution in [-0.4, -0.2) is 51.3 Å². The number of thioether (sulfide) groups is 1. The number of hydrogen-bond donors (Lipinski definition) is 2. The minimum absolute atomic E-state index is 0.0155. The molecular formula is C15H28N2O2S. The number of nitrogens with zero attached hydrogens (tertiary/aromatic N) is 1. The largest absolute Gasteiger partial charge is 0.388 e. The lowest BCUT2D eigenvalue weighted by atomic mass is 9.97. The van der Waals surface area contributed by atoms with Crippen LogP contribution in [0.15, 0.2) is 0 Å². The summed E-state index contributed by atoms with van der Waals surface area (Å²) in [5, 5.41) is 14.1. The van der Waals surface area contributed by atoms with E-state index in [4.69, 9.17) is 0 Å². The highest BCUT2D eigenvalue weighted by Gasteiger charge is 2.39. The maximum Gasteiger partial charge on any atom is 0.317 e. The summed E-state index contributed by atoms with van der Waals surface area (Å²) < 4.78 is 0. The molecule has 2 fully saturated rings. The van der Waals surface area contributed by atoms with E-state index in [1.165, 1.54) is 6.42 Å². The third-order valence-electron chi connectivity index (χ3n) is 4.44. The average molecular weight is 300 g/mol. The number of amides is 2. The maximum atomic E-state index is 12.4. The van der Waals surface area contributed by atoms with Gasteiger partial charge in [0.05, 0.1) is 11.6 Å². The molecule has 5 heteroatoms. The van der Waals surface area contributed by atoms with E-state index >= 15 is 0 Å². The number of likely N-dealkylation sites (tertiary alicyclic amines) is 1. The molecule has 3 unspecified atom stereocenters. The van der Waals surface area contributed by atoms with Gasteiger partial charge in [-0.3, -0.25) is 0 Å². The van der Waals surface area contributed by atoms with Gasteiger partial charge in [-0.1, -0.05) is 6.92 Å². The zero-order chi connectivity index (χ0) is 14.8. The number of rotatable bonds is 4. The van der Waals surface area contributed by atoms with Gasteiger partial charge in [-0.25, -0.2) is 4.79 Å². The van der Waals surface area contributed by atoms with Crippen LogP contribution in [0.4, 0.5) is 4.79 Å². The lowest BCUT2D eigenvalue weighted by molar-refractivity contribution is 0.00948. The minimum Gasteiger partial charge on any atom is -0.388 e. The lowest BCUT2D eigenvalue weighted by Crippen LogP contribution is -2.53. The molecule has 2 rings (SSSR count). The monoisotopic (exact) mass is 300 g/mol. The standard InChI is InChI=1S/C15H28N2O2S/c1-4-20-12-8-7-11(10-12)16-14(18)17-9-5-6-13(17)15(2,3)19/h11-13,19H,4-10H2,1-3H3,(H,16,18). The topological polar surface area (TPSA) is 52.6 Å². The Balaban J connectivity index is 1.86. The minimum atomic E-state index is -0.815. The third kappa shape index (κ3) is 3.82. The zero-order valence-corrected chi connectivity index (χ0v) is 13.7. The van der Waals surface area contributed by atoms with Crippen LogP contribution in [0.2, 0.25) is 0 Å². The Morgan fingerprint density at radius 2 is 2.15 bits per heavy atom. The van der Waals surface area contributed by atoms with Crippen molar-refractivity contribution < 1.29 is 9.90 Å². The number of aliphatic hydroxyl groups is 1. The maximum absolute atomic E-state index is 12.4. The summed E-state index contributed by atoms with van der Waals surface area (Å²) >= 11 is 2.00. The fourth-order valence-electron chi connectivity index (χ4n) is 3.46. The molecule has 1 saturated carbocycles. The molecule has 2 aliphatic rings. The van der Waals surface area contributed by atoms with Crippen LogP contribution in [0.1, 0.15) is 52.9 Å². The highest BCUT2D eigenvalue weighted by molar-refractivity contribution is 7.99. The van der Waals surface area contributed by atoms with Crippen LogP contribution in [0.5, 0.6) is 0 Å². The van der Waals surface area contributed by atoms with Gasteiger partial charge >= 0.3 is 6.03 Å². The molecule has 4 nitrogen and oxygen atoms in total. The fourth-order valence-corrected chi connectivity index (χ4v) is 4.60. The summed E-state index contributed by atoms with van der Waals surface area (Å²) in [5.41, 5.74) is -0.815. The number of urea groups is 1. The van der Waals surface area contributed by atoms with E-state index in [0.29, 0.717) is 11.3 Å². The van der Waals surface area contributed by atoms with Gasteiger partial charge in [0.2, 0.25) is 0 Å². The molecule has 0 aromatic rings. The van der Waals surface area contributed by atoms with Crippen molar-refractivity contribution in [3.8, 4) is 0 Å². The Hall–Kier alpha value is -0.420. The molecular weight excluding hydrogens is 272 g/mol. The van der Waals surface area contributed by atoms with Crippen LogP contribution in [0.3, 0.4) is 0 Å². The molecule has 116 valence electrons. The van der Waals surface area contributed by atoms with Gasteiger partial charge in [-0.05, 0) is 51.7 Å². The van der Waals surface area contributed by atoms with Gasteiger partial charge < -0.3 is 15.3 Å². The van der Waals surface area contributed by atoms with Crippen molar-refractivity contribution in [1.82, 2.24) is 10.2 Å². The number of carbonyl (C=O) groups excluding carboxylic acids is 1. The van der Waals surface area contributed by atoms with E-state index in [0.717, 1.165) is 38.0 Å². The average Bonchev–Trinajstić information content (AvgIpc) is 2.97. The van der Waals surface area contributed by atoms with E-state index in [2.05, 4.69) is 12.2 Å². The highest BCUT2D eigenvalue weighted by atomic mass is 32.2. The molecule has 1 aliphatic carbocycles. The van der Waals surface area contributed by atoms with Crippen molar-refractivity contribution in [3.05, 3.63) is 0 Å². The van der Waals surface area contributed by atoms with Crippen LogP contribution in [0.25, 0.3) is 0 Å². The normalized spacial score (nSPS) is 30.8. The van der Waals surface area contributed by atoms with Gasteiger partial charge in [0.15, 0.2) is 0 Å². The quantitative estimate of drug-likeness (QED) is 0.839. The van der Waals surface area contributed by atoms with Gasteiger partial charge in [0, 0.05) is 17.8 Å². The van der Waals surface area contributed by atoms with E-state index in [9.17, 15) is 9.90 Å². The summed E-state index contributed by atoms with van der Waals surface area (Å²) in [6.07, 6.45) is 5.27. The molecule has 20 heavy (non-hydrogen) atoms. The Morgan fingerprint density at radius 1 is 1.40 bits per heavy atom. The predicted octanol–water partition coefficient (Wildman–Crippen LogP) is 2.61. The van der Waals surface area contributed by atoms with Crippen molar-refractivity contribution in [2.45, 2.75) is 75.8 Å². The Kier molecular flexibility index (Phi) is 5.24. The first-order valence-electron chi connectivity index (χ1n) is 7.83. The molecule has 1 saturated heterocycles. The smallest absolute Gasteiger partial charge is 0.317 e. The summed E-state index contributed by atoms with van der Waals surface area (Å²) in [6.45, 7) is 6.55. The van der Waals surface area contributed by atoms with Gasteiger partial charge in [0.25, 0.3) is 0 Å². The molecule has 3 atom stereocenters. The second-order valence-corrected chi connectivity index (χ2v) is 8.12. The Morgan fingerprint density at radius 3 is 2.80 bits per heavy atom. The van der Waals surface area contributed by atoms with E-state index in [1.807, 2.05) is 16.7 Å². The van der Waals surface area contributed by atoms with Crippen LogP contribution >= 0.6 is 11.8 Å².